The van der Waals surface area contributed by atoms with Crippen molar-refractivity contribution >= 4 is 10.5 Å². The molecular weight excluding hydrogens is 164 g/mol. The highest BCUT2D eigenvalue weighted by molar-refractivity contribution is 5.98. The van der Waals surface area contributed by atoms with Gasteiger partial charge in [0.15, 0.2) is 0 Å². The molecule has 2 heteroatoms. The van der Waals surface area contributed by atoms with E-state index >= 15 is 0 Å². The minimum Gasteiger partial charge on any atom is -0.422 e. The smallest absolute Gasteiger partial charge is 0.146 e. The number of hydrogen-bond donors (Lipinski definition) is 0. The molecule has 0 heterocycles. The average Bonchev–Trinajstić information content (AvgIpc) is 2.06. The van der Waals surface area contributed by atoms with E-state index in [1.807, 2.05) is 0 Å². The Morgan fingerprint density at radius 1 is 0.917 bits per heavy atom. The summed E-state index contributed by atoms with van der Waals surface area (Å²) in [5, 5.41) is 0. The third kappa shape index (κ3) is 3.72. The van der Waals surface area contributed by atoms with Gasteiger partial charge in [0.1, 0.15) is 10.5 Å². The molecule has 0 aromatic heterocycles. The predicted molar refractivity (Wildman–Crippen MR) is 58.5 cm³/mol. The lowest BCUT2D eigenvalue weighted by molar-refractivity contribution is 0.0485. The van der Waals surface area contributed by atoms with Crippen LogP contribution in [0.5, 0.6) is 0 Å². The highest BCUT2D eigenvalue weighted by Crippen LogP contribution is 2.28. The van der Waals surface area contributed by atoms with E-state index in [1.54, 1.807) is 0 Å². The Morgan fingerprint density at radius 3 is 1.42 bits per heavy atom. The molecule has 12 heavy (non-hydrogen) atoms. The highest BCUT2D eigenvalue weighted by Gasteiger charge is 2.25. The van der Waals surface area contributed by atoms with Crippen molar-refractivity contribution in [2.24, 2.45) is 0 Å². The van der Waals surface area contributed by atoms with E-state index in [9.17, 15) is 0 Å². The molecule has 74 valence electrons. The van der Waals surface area contributed by atoms with Crippen molar-refractivity contribution in [1.29, 1.82) is 0 Å². The average molecular weight is 188 g/mol. The summed E-state index contributed by atoms with van der Waals surface area (Å²) in [7, 11) is 0.889. The first-order valence-electron chi connectivity index (χ1n) is 5.29. The SMILES string of the molecule is CCCC(CCC)(CCC)O[SiH3]. The van der Waals surface area contributed by atoms with Gasteiger partial charge in [-0.25, -0.2) is 0 Å². The summed E-state index contributed by atoms with van der Waals surface area (Å²) in [6.07, 6.45) is 7.50. The molecule has 0 aliphatic carbocycles. The van der Waals surface area contributed by atoms with E-state index in [2.05, 4.69) is 20.8 Å². The van der Waals surface area contributed by atoms with Crippen LogP contribution in [-0.4, -0.2) is 16.1 Å². The quantitative estimate of drug-likeness (QED) is 0.558. The zero-order valence-electron chi connectivity index (χ0n) is 9.15. The minimum atomic E-state index is 0.254. The second-order valence-electron chi connectivity index (χ2n) is 3.64. The fourth-order valence-electron chi connectivity index (χ4n) is 2.05. The lowest BCUT2D eigenvalue weighted by Crippen LogP contribution is -2.31. The lowest BCUT2D eigenvalue weighted by Gasteiger charge is -2.32. The van der Waals surface area contributed by atoms with Gasteiger partial charge < -0.3 is 4.43 Å². The van der Waals surface area contributed by atoms with Crippen molar-refractivity contribution in [2.45, 2.75) is 64.9 Å². The molecule has 0 aliphatic rings. The maximum atomic E-state index is 5.80. The van der Waals surface area contributed by atoms with Crippen LogP contribution in [-0.2, 0) is 4.43 Å². The lowest BCUT2D eigenvalue weighted by atomic mass is 9.88. The summed E-state index contributed by atoms with van der Waals surface area (Å²) in [5.41, 5.74) is 0.254. The summed E-state index contributed by atoms with van der Waals surface area (Å²) in [6, 6.07) is 0. The third-order valence-electron chi connectivity index (χ3n) is 2.55. The summed E-state index contributed by atoms with van der Waals surface area (Å²) in [6.45, 7) is 6.75. The molecule has 0 rings (SSSR count). The second-order valence-corrected chi connectivity index (χ2v) is 4.05. The van der Waals surface area contributed by atoms with Crippen LogP contribution in [0.4, 0.5) is 0 Å². The van der Waals surface area contributed by atoms with Gasteiger partial charge in [-0.2, -0.15) is 0 Å². The van der Waals surface area contributed by atoms with E-state index in [0.717, 1.165) is 10.5 Å². The Kier molecular flexibility index (Phi) is 6.77. The molecule has 0 radical (unpaired) electrons. The minimum absolute atomic E-state index is 0.254. The van der Waals surface area contributed by atoms with Crippen LogP contribution < -0.4 is 0 Å². The number of rotatable bonds is 7. The molecule has 0 aromatic carbocycles. The molecule has 0 aliphatic heterocycles. The molecule has 0 bridgehead atoms. The van der Waals surface area contributed by atoms with Crippen LogP contribution in [0.25, 0.3) is 0 Å². The molecule has 0 aromatic rings. The van der Waals surface area contributed by atoms with Crippen LogP contribution in [0.2, 0.25) is 0 Å². The molecule has 0 spiro atoms. The Morgan fingerprint density at radius 2 is 1.25 bits per heavy atom. The fraction of sp³-hybridized carbons (Fsp3) is 1.00. The first-order valence-corrected chi connectivity index (χ1v) is 6.11. The van der Waals surface area contributed by atoms with Gasteiger partial charge in [0, 0.05) is 0 Å². The fourth-order valence-corrected chi connectivity index (χ4v) is 2.66. The molecule has 0 amide bonds. The van der Waals surface area contributed by atoms with Crippen molar-refractivity contribution < 1.29 is 4.43 Å². The maximum Gasteiger partial charge on any atom is 0.146 e. The summed E-state index contributed by atoms with van der Waals surface area (Å²) < 4.78 is 5.80. The van der Waals surface area contributed by atoms with Crippen LogP contribution in [0.3, 0.4) is 0 Å². The Hall–Kier alpha value is 0.177. The Bertz CT molecular complexity index is 87.0. The van der Waals surface area contributed by atoms with Crippen molar-refractivity contribution in [3.63, 3.8) is 0 Å². The van der Waals surface area contributed by atoms with E-state index in [-0.39, 0.29) is 5.60 Å². The van der Waals surface area contributed by atoms with E-state index < -0.39 is 0 Å². The Balaban J connectivity index is 4.06. The molecule has 1 nitrogen and oxygen atoms in total. The van der Waals surface area contributed by atoms with Crippen molar-refractivity contribution in [3.05, 3.63) is 0 Å². The van der Waals surface area contributed by atoms with Crippen molar-refractivity contribution in [1.82, 2.24) is 0 Å². The molecule has 0 atom stereocenters. The highest BCUT2D eigenvalue weighted by atomic mass is 28.2. The van der Waals surface area contributed by atoms with Crippen LogP contribution in [0, 0.1) is 0 Å². The normalized spacial score (nSPS) is 12.2. The van der Waals surface area contributed by atoms with Gasteiger partial charge in [0.05, 0.1) is 5.60 Å². The second kappa shape index (κ2) is 6.67. The molecule has 0 saturated heterocycles. The topological polar surface area (TPSA) is 9.23 Å². The molecule has 0 fully saturated rings. The molecule has 0 unspecified atom stereocenters. The largest absolute Gasteiger partial charge is 0.422 e. The maximum absolute atomic E-state index is 5.80. The van der Waals surface area contributed by atoms with E-state index in [1.165, 1.54) is 38.5 Å². The summed E-state index contributed by atoms with van der Waals surface area (Å²) in [5.74, 6) is 0. The number of hydrogen-bond acceptors (Lipinski definition) is 1. The zero-order valence-corrected chi connectivity index (χ0v) is 11.2. The van der Waals surface area contributed by atoms with E-state index in [4.69, 9.17) is 4.43 Å². The van der Waals surface area contributed by atoms with Crippen molar-refractivity contribution in [2.75, 3.05) is 0 Å². The molecule has 0 N–H and O–H groups in total. The van der Waals surface area contributed by atoms with Gasteiger partial charge in [-0.05, 0) is 19.3 Å². The molecule has 0 saturated carbocycles. The van der Waals surface area contributed by atoms with Gasteiger partial charge >= 0.3 is 0 Å². The van der Waals surface area contributed by atoms with Crippen LogP contribution in [0.1, 0.15) is 59.3 Å². The predicted octanol–water partition coefficient (Wildman–Crippen LogP) is 2.42. The van der Waals surface area contributed by atoms with E-state index in [0.29, 0.717) is 0 Å². The first kappa shape index (κ1) is 12.2. The third-order valence-corrected chi connectivity index (χ3v) is 3.42. The van der Waals surface area contributed by atoms with Crippen LogP contribution in [0.15, 0.2) is 0 Å². The molecular formula is C10H24OSi. The first-order chi connectivity index (χ1) is 5.74. The van der Waals surface area contributed by atoms with Crippen molar-refractivity contribution in [3.8, 4) is 0 Å². The monoisotopic (exact) mass is 188 g/mol. The zero-order chi connectivity index (χ0) is 9.45. The summed E-state index contributed by atoms with van der Waals surface area (Å²) >= 11 is 0. The van der Waals surface area contributed by atoms with Gasteiger partial charge in [-0.15, -0.1) is 0 Å². The van der Waals surface area contributed by atoms with Gasteiger partial charge in [-0.3, -0.25) is 0 Å². The van der Waals surface area contributed by atoms with Gasteiger partial charge in [0.2, 0.25) is 0 Å². The summed E-state index contributed by atoms with van der Waals surface area (Å²) in [4.78, 5) is 0. The van der Waals surface area contributed by atoms with Gasteiger partial charge in [-0.1, -0.05) is 40.0 Å². The van der Waals surface area contributed by atoms with Gasteiger partial charge in [0.25, 0.3) is 0 Å². The van der Waals surface area contributed by atoms with Crippen LogP contribution >= 0.6 is 0 Å². The Labute approximate surface area is 80.4 Å². The standard InChI is InChI=1S/C10H24OSi/c1-4-7-10(11-12,8-5-2)9-6-3/h4-9H2,1-3,12H3.